The predicted octanol–water partition coefficient (Wildman–Crippen LogP) is 3.68. The fraction of sp³-hybridized carbons (Fsp3) is 0.429. The first kappa shape index (κ1) is 20.1. The Morgan fingerprint density at radius 2 is 1.94 bits per heavy atom. The van der Waals surface area contributed by atoms with Crippen molar-refractivity contribution in [2.45, 2.75) is 30.7 Å². The third-order valence-electron chi connectivity index (χ3n) is 6.15. The van der Waals surface area contributed by atoms with Crippen molar-refractivity contribution in [3.8, 4) is 5.75 Å². The summed E-state index contributed by atoms with van der Waals surface area (Å²) in [5.74, 6) is 0.582. The van der Waals surface area contributed by atoms with E-state index in [4.69, 9.17) is 9.47 Å². The zero-order valence-corrected chi connectivity index (χ0v) is 16.4. The van der Waals surface area contributed by atoms with Crippen LogP contribution in [0.15, 0.2) is 36.7 Å². The third-order valence-corrected chi connectivity index (χ3v) is 6.15. The standard InChI is InChI=1S/C21H21F3N4O3/c22-21(23,24)16-9-13-18(27-16)25-11-26-19(13)28-17-12-3-1-2-4-15(12)31-10-14(17)20(29)5-7-30-8-6-20/h1-4,9,11,14,17,29H,5-8,10H2,(H2,25,26,27,28). The normalized spacial score (nSPS) is 23.2. The Morgan fingerprint density at radius 1 is 1.16 bits per heavy atom. The van der Waals surface area contributed by atoms with Crippen LogP contribution in [0, 0.1) is 5.92 Å². The van der Waals surface area contributed by atoms with Gasteiger partial charge >= 0.3 is 6.18 Å². The van der Waals surface area contributed by atoms with Crippen LogP contribution in [0.3, 0.4) is 0 Å². The van der Waals surface area contributed by atoms with Crippen LogP contribution in [-0.2, 0) is 10.9 Å². The van der Waals surface area contributed by atoms with Crippen molar-refractivity contribution in [1.82, 2.24) is 15.0 Å². The average molecular weight is 434 g/mol. The van der Waals surface area contributed by atoms with Crippen LogP contribution in [0.5, 0.6) is 5.75 Å². The summed E-state index contributed by atoms with van der Waals surface area (Å²) in [5, 5.41) is 14.9. The van der Waals surface area contributed by atoms with Gasteiger partial charge in [0.25, 0.3) is 0 Å². The largest absolute Gasteiger partial charge is 0.493 e. The number of nitrogens with zero attached hydrogens (tertiary/aromatic N) is 2. The summed E-state index contributed by atoms with van der Waals surface area (Å²) in [7, 11) is 0. The Bertz CT molecular complexity index is 1090. The topological polar surface area (TPSA) is 92.3 Å². The molecule has 0 aliphatic carbocycles. The number of hydrogen-bond donors (Lipinski definition) is 3. The van der Waals surface area contributed by atoms with Gasteiger partial charge in [0.15, 0.2) is 0 Å². The number of nitrogens with one attached hydrogen (secondary N) is 2. The smallest absolute Gasteiger partial charge is 0.431 e. The monoisotopic (exact) mass is 434 g/mol. The molecular formula is C21H21F3N4O3. The quantitative estimate of drug-likeness (QED) is 0.583. The summed E-state index contributed by atoms with van der Waals surface area (Å²) in [6.07, 6.45) is -2.42. The lowest BCUT2D eigenvalue weighted by atomic mass is 9.74. The average Bonchev–Trinajstić information content (AvgIpc) is 3.20. The Kier molecular flexibility index (Phi) is 4.78. The van der Waals surface area contributed by atoms with Crippen LogP contribution < -0.4 is 10.1 Å². The number of ether oxygens (including phenoxy) is 2. The second-order valence-corrected chi connectivity index (χ2v) is 7.96. The minimum absolute atomic E-state index is 0.0893. The first-order chi connectivity index (χ1) is 14.9. The molecule has 10 heteroatoms. The molecule has 31 heavy (non-hydrogen) atoms. The van der Waals surface area contributed by atoms with Gasteiger partial charge in [-0.15, -0.1) is 0 Å². The maximum Gasteiger partial charge on any atom is 0.431 e. The molecule has 0 saturated carbocycles. The van der Waals surface area contributed by atoms with Crippen LogP contribution in [0.25, 0.3) is 11.0 Å². The van der Waals surface area contributed by atoms with Crippen LogP contribution in [0.2, 0.25) is 0 Å². The lowest BCUT2D eigenvalue weighted by Gasteiger charge is -2.45. The highest BCUT2D eigenvalue weighted by Gasteiger charge is 2.46. The third kappa shape index (κ3) is 3.59. The van der Waals surface area contributed by atoms with Crippen molar-refractivity contribution >= 4 is 16.9 Å². The zero-order valence-electron chi connectivity index (χ0n) is 16.4. The molecular weight excluding hydrogens is 413 g/mol. The number of H-pyrrole nitrogens is 1. The summed E-state index contributed by atoms with van der Waals surface area (Å²) in [5.41, 5.74) is -1.02. The molecule has 0 spiro atoms. The lowest BCUT2D eigenvalue weighted by Crippen LogP contribution is -2.51. The fourth-order valence-electron chi connectivity index (χ4n) is 4.46. The molecule has 164 valence electrons. The maximum absolute atomic E-state index is 13.2. The Hall–Kier alpha value is -2.85. The molecule has 0 bridgehead atoms. The van der Waals surface area contributed by atoms with Gasteiger partial charge in [-0.05, 0) is 12.1 Å². The minimum Gasteiger partial charge on any atom is -0.493 e. The van der Waals surface area contributed by atoms with Gasteiger partial charge < -0.3 is 24.9 Å². The number of alkyl halides is 3. The first-order valence-electron chi connectivity index (χ1n) is 10.0. The van der Waals surface area contributed by atoms with Crippen LogP contribution in [0.4, 0.5) is 19.0 Å². The van der Waals surface area contributed by atoms with Gasteiger partial charge in [0.2, 0.25) is 0 Å². The van der Waals surface area contributed by atoms with E-state index in [1.165, 1.54) is 6.33 Å². The molecule has 2 unspecified atom stereocenters. The van der Waals surface area contributed by atoms with E-state index in [1.807, 2.05) is 24.3 Å². The van der Waals surface area contributed by atoms with E-state index < -0.39 is 23.5 Å². The molecule has 0 amide bonds. The molecule has 3 aromatic rings. The van der Waals surface area contributed by atoms with Gasteiger partial charge in [-0.1, -0.05) is 18.2 Å². The number of fused-ring (bicyclic) bond motifs is 2. The number of halogens is 3. The summed E-state index contributed by atoms with van der Waals surface area (Å²) >= 11 is 0. The second-order valence-electron chi connectivity index (χ2n) is 7.96. The number of anilines is 1. The molecule has 2 aromatic heterocycles. The molecule has 7 nitrogen and oxygen atoms in total. The fourth-order valence-corrected chi connectivity index (χ4v) is 4.46. The van der Waals surface area contributed by atoms with E-state index in [1.54, 1.807) is 0 Å². The van der Waals surface area contributed by atoms with E-state index in [2.05, 4.69) is 20.3 Å². The van der Waals surface area contributed by atoms with Crippen LogP contribution >= 0.6 is 0 Å². The van der Waals surface area contributed by atoms with Crippen molar-refractivity contribution in [3.05, 3.63) is 47.9 Å². The highest BCUT2D eigenvalue weighted by molar-refractivity contribution is 5.88. The van der Waals surface area contributed by atoms with Crippen molar-refractivity contribution in [1.29, 1.82) is 0 Å². The maximum atomic E-state index is 13.2. The molecule has 5 rings (SSSR count). The Labute approximate surface area is 175 Å². The van der Waals surface area contributed by atoms with Crippen molar-refractivity contribution in [2.24, 2.45) is 5.92 Å². The molecule has 1 saturated heterocycles. The van der Waals surface area contributed by atoms with Gasteiger partial charge in [0.1, 0.15) is 29.2 Å². The number of aliphatic hydroxyl groups is 1. The number of aromatic nitrogens is 3. The van der Waals surface area contributed by atoms with E-state index in [9.17, 15) is 18.3 Å². The van der Waals surface area contributed by atoms with Crippen LogP contribution in [0.1, 0.15) is 30.1 Å². The summed E-state index contributed by atoms with van der Waals surface area (Å²) in [4.78, 5) is 10.5. The molecule has 3 N–H and O–H groups in total. The second kappa shape index (κ2) is 7.38. The van der Waals surface area contributed by atoms with Gasteiger partial charge in [-0.3, -0.25) is 0 Å². The van der Waals surface area contributed by atoms with E-state index >= 15 is 0 Å². The molecule has 0 radical (unpaired) electrons. The molecule has 2 aliphatic rings. The molecule has 1 aromatic carbocycles. The van der Waals surface area contributed by atoms with Gasteiger partial charge in [0.05, 0.1) is 23.6 Å². The molecule has 4 heterocycles. The van der Waals surface area contributed by atoms with Crippen LogP contribution in [-0.4, -0.2) is 45.5 Å². The summed E-state index contributed by atoms with van der Waals surface area (Å²) < 4.78 is 51.0. The molecule has 2 atom stereocenters. The number of aromatic amines is 1. The van der Waals surface area contributed by atoms with Crippen molar-refractivity contribution in [2.75, 3.05) is 25.1 Å². The summed E-state index contributed by atoms with van der Waals surface area (Å²) in [6.45, 7) is 1.14. The summed E-state index contributed by atoms with van der Waals surface area (Å²) in [6, 6.07) is 8.02. The zero-order chi connectivity index (χ0) is 21.6. The van der Waals surface area contributed by atoms with Crippen molar-refractivity contribution < 1.29 is 27.8 Å². The number of benzene rings is 1. The van der Waals surface area contributed by atoms with E-state index in [0.717, 1.165) is 11.6 Å². The van der Waals surface area contributed by atoms with Gasteiger partial charge in [-0.2, -0.15) is 13.2 Å². The molecule has 1 fully saturated rings. The van der Waals surface area contributed by atoms with Gasteiger partial charge in [0, 0.05) is 37.5 Å². The van der Waals surface area contributed by atoms with Crippen molar-refractivity contribution in [3.63, 3.8) is 0 Å². The first-order valence-corrected chi connectivity index (χ1v) is 10.0. The van der Waals surface area contributed by atoms with E-state index in [0.29, 0.717) is 31.8 Å². The Morgan fingerprint density at radius 3 is 2.71 bits per heavy atom. The SMILES string of the molecule is OC1(C2COc3ccccc3C2Nc2ncnc3[nH]c(C(F)(F)F)cc23)CCOCC1. The highest BCUT2D eigenvalue weighted by atomic mass is 19.4. The number of para-hydroxylation sites is 1. The highest BCUT2D eigenvalue weighted by Crippen LogP contribution is 2.45. The number of rotatable bonds is 3. The Balaban J connectivity index is 1.57. The lowest BCUT2D eigenvalue weighted by molar-refractivity contribution is -0.140. The van der Waals surface area contributed by atoms with Gasteiger partial charge in [-0.25, -0.2) is 9.97 Å². The number of hydrogen-bond acceptors (Lipinski definition) is 6. The van der Waals surface area contributed by atoms with E-state index in [-0.39, 0.29) is 29.4 Å². The predicted molar refractivity (Wildman–Crippen MR) is 106 cm³/mol. The minimum atomic E-state index is -4.52. The molecule has 2 aliphatic heterocycles.